The first-order valence-corrected chi connectivity index (χ1v) is 6.03. The Hall–Kier alpha value is -0.980. The smallest absolute Gasteiger partial charge is 0.115 e. The number of fused-ring (bicyclic) bond motifs is 2. The van der Waals surface area contributed by atoms with Gasteiger partial charge in [0.1, 0.15) is 5.75 Å². The summed E-state index contributed by atoms with van der Waals surface area (Å²) in [7, 11) is 0. The first-order valence-electron chi connectivity index (χ1n) is 6.03. The SMILES string of the molecule is Cc1cc(O)ccc1[C@H]1C[C@H]2CC[C@H]1C2. The molecule has 0 aliphatic heterocycles. The van der Waals surface area contributed by atoms with Gasteiger partial charge >= 0.3 is 0 Å². The first kappa shape index (κ1) is 9.26. The van der Waals surface area contributed by atoms with Gasteiger partial charge in [-0.15, -0.1) is 0 Å². The van der Waals surface area contributed by atoms with E-state index in [1.54, 1.807) is 0 Å². The van der Waals surface area contributed by atoms with Crippen molar-refractivity contribution in [3.8, 4) is 5.75 Å². The number of phenolic OH excluding ortho intramolecular Hbond substituents is 1. The summed E-state index contributed by atoms with van der Waals surface area (Å²) in [5.74, 6) is 3.11. The van der Waals surface area contributed by atoms with Crippen LogP contribution in [0, 0.1) is 18.8 Å². The molecule has 0 unspecified atom stereocenters. The minimum Gasteiger partial charge on any atom is -0.508 e. The summed E-state index contributed by atoms with van der Waals surface area (Å²) in [5, 5.41) is 9.41. The summed E-state index contributed by atoms with van der Waals surface area (Å²) in [6, 6.07) is 5.88. The van der Waals surface area contributed by atoms with Crippen LogP contribution in [-0.2, 0) is 0 Å². The topological polar surface area (TPSA) is 20.2 Å². The number of hydrogen-bond donors (Lipinski definition) is 1. The number of benzene rings is 1. The summed E-state index contributed by atoms with van der Waals surface area (Å²) >= 11 is 0. The molecule has 1 heteroatoms. The highest BCUT2D eigenvalue weighted by atomic mass is 16.3. The van der Waals surface area contributed by atoms with Gasteiger partial charge in [-0.25, -0.2) is 0 Å². The van der Waals surface area contributed by atoms with Crippen molar-refractivity contribution in [2.24, 2.45) is 11.8 Å². The van der Waals surface area contributed by atoms with Crippen molar-refractivity contribution in [1.82, 2.24) is 0 Å². The lowest BCUT2D eigenvalue weighted by Crippen LogP contribution is -2.09. The maximum Gasteiger partial charge on any atom is 0.115 e. The van der Waals surface area contributed by atoms with Crippen LogP contribution in [0.5, 0.6) is 5.75 Å². The van der Waals surface area contributed by atoms with Crippen molar-refractivity contribution in [2.75, 3.05) is 0 Å². The van der Waals surface area contributed by atoms with E-state index in [0.29, 0.717) is 5.75 Å². The Morgan fingerprint density at radius 1 is 1.20 bits per heavy atom. The van der Waals surface area contributed by atoms with E-state index < -0.39 is 0 Å². The van der Waals surface area contributed by atoms with Crippen LogP contribution in [0.4, 0.5) is 0 Å². The van der Waals surface area contributed by atoms with Gasteiger partial charge in [-0.1, -0.05) is 12.5 Å². The van der Waals surface area contributed by atoms with E-state index in [-0.39, 0.29) is 0 Å². The van der Waals surface area contributed by atoms with Crippen LogP contribution in [-0.4, -0.2) is 5.11 Å². The minimum absolute atomic E-state index is 0.402. The molecule has 2 aliphatic rings. The second kappa shape index (κ2) is 3.26. The third kappa shape index (κ3) is 1.45. The molecule has 2 fully saturated rings. The van der Waals surface area contributed by atoms with Gasteiger partial charge in [-0.2, -0.15) is 0 Å². The Labute approximate surface area is 91.1 Å². The maximum absolute atomic E-state index is 9.41. The molecule has 0 saturated heterocycles. The third-order valence-electron chi connectivity index (χ3n) is 4.39. The fourth-order valence-electron chi connectivity index (χ4n) is 3.70. The van der Waals surface area contributed by atoms with Gasteiger partial charge in [0, 0.05) is 0 Å². The van der Waals surface area contributed by atoms with Gasteiger partial charge in [-0.05, 0) is 67.2 Å². The normalized spacial score (nSPS) is 33.5. The van der Waals surface area contributed by atoms with E-state index in [9.17, 15) is 5.11 Å². The second-order valence-electron chi connectivity index (χ2n) is 5.32. The summed E-state index contributed by atoms with van der Waals surface area (Å²) < 4.78 is 0. The van der Waals surface area contributed by atoms with Gasteiger partial charge in [0.25, 0.3) is 0 Å². The molecule has 0 radical (unpaired) electrons. The molecule has 0 heterocycles. The fourth-order valence-corrected chi connectivity index (χ4v) is 3.70. The minimum atomic E-state index is 0.402. The van der Waals surface area contributed by atoms with E-state index in [1.807, 2.05) is 12.1 Å². The van der Waals surface area contributed by atoms with E-state index in [4.69, 9.17) is 0 Å². The lowest BCUT2D eigenvalue weighted by molar-refractivity contribution is 0.417. The lowest BCUT2D eigenvalue weighted by atomic mass is 9.82. The molecule has 1 N–H and O–H groups in total. The molecule has 1 aromatic rings. The number of rotatable bonds is 1. The molecule has 3 atom stereocenters. The predicted octanol–water partition coefficient (Wildman–Crippen LogP) is 3.60. The van der Waals surface area contributed by atoms with Gasteiger partial charge < -0.3 is 5.11 Å². The van der Waals surface area contributed by atoms with Crippen LogP contribution in [0.25, 0.3) is 0 Å². The Kier molecular flexibility index (Phi) is 2.01. The highest BCUT2D eigenvalue weighted by molar-refractivity contribution is 5.37. The lowest BCUT2D eigenvalue weighted by Gasteiger charge is -2.23. The van der Waals surface area contributed by atoms with Crippen LogP contribution in [0.2, 0.25) is 0 Å². The summed E-state index contributed by atoms with van der Waals surface area (Å²) in [5.41, 5.74) is 2.76. The third-order valence-corrected chi connectivity index (χ3v) is 4.39. The summed E-state index contributed by atoms with van der Waals surface area (Å²) in [4.78, 5) is 0. The van der Waals surface area contributed by atoms with E-state index in [0.717, 1.165) is 17.8 Å². The highest BCUT2D eigenvalue weighted by Gasteiger charge is 2.40. The van der Waals surface area contributed by atoms with Crippen molar-refractivity contribution in [3.05, 3.63) is 29.3 Å². The van der Waals surface area contributed by atoms with Gasteiger partial charge in [0.15, 0.2) is 0 Å². The Morgan fingerprint density at radius 3 is 2.67 bits per heavy atom. The quantitative estimate of drug-likeness (QED) is 0.737. The van der Waals surface area contributed by atoms with Crippen molar-refractivity contribution in [1.29, 1.82) is 0 Å². The van der Waals surface area contributed by atoms with Crippen molar-refractivity contribution < 1.29 is 5.11 Å². The number of aryl methyl sites for hydroxylation is 1. The van der Waals surface area contributed by atoms with Crippen LogP contribution in [0.1, 0.15) is 42.7 Å². The standard InChI is InChI=1S/C14H18O/c1-9-6-12(15)4-5-13(9)14-8-10-2-3-11(14)7-10/h4-6,10-11,14-15H,2-3,7-8H2,1H3/t10-,11-,14-/m0/s1. The fraction of sp³-hybridized carbons (Fsp3) is 0.571. The monoisotopic (exact) mass is 202 g/mol. The van der Waals surface area contributed by atoms with Gasteiger partial charge in [-0.3, -0.25) is 0 Å². The zero-order valence-corrected chi connectivity index (χ0v) is 9.24. The Bertz CT molecular complexity index is 383. The molecule has 2 saturated carbocycles. The summed E-state index contributed by atoms with van der Waals surface area (Å²) in [6.45, 7) is 2.13. The van der Waals surface area contributed by atoms with Gasteiger partial charge in [0.05, 0.1) is 0 Å². The maximum atomic E-state index is 9.41. The molecule has 3 rings (SSSR count). The molecular weight excluding hydrogens is 184 g/mol. The van der Waals surface area contributed by atoms with Crippen molar-refractivity contribution >= 4 is 0 Å². The largest absolute Gasteiger partial charge is 0.508 e. The number of hydrogen-bond acceptors (Lipinski definition) is 1. The number of aromatic hydroxyl groups is 1. The highest BCUT2D eigenvalue weighted by Crippen LogP contribution is 2.53. The zero-order chi connectivity index (χ0) is 10.4. The molecule has 0 aromatic heterocycles. The number of phenols is 1. The molecule has 0 amide bonds. The molecule has 80 valence electrons. The molecule has 2 bridgehead atoms. The van der Waals surface area contributed by atoms with E-state index >= 15 is 0 Å². The van der Waals surface area contributed by atoms with Crippen LogP contribution in [0.3, 0.4) is 0 Å². The van der Waals surface area contributed by atoms with Crippen LogP contribution >= 0.6 is 0 Å². The Balaban J connectivity index is 1.93. The molecule has 0 spiro atoms. The molecule has 1 aromatic carbocycles. The second-order valence-corrected chi connectivity index (χ2v) is 5.32. The van der Waals surface area contributed by atoms with Crippen LogP contribution in [0.15, 0.2) is 18.2 Å². The van der Waals surface area contributed by atoms with Gasteiger partial charge in [0.2, 0.25) is 0 Å². The molecule has 2 aliphatic carbocycles. The Morgan fingerprint density at radius 2 is 2.07 bits per heavy atom. The zero-order valence-electron chi connectivity index (χ0n) is 9.24. The molecular formula is C14H18O. The molecule has 15 heavy (non-hydrogen) atoms. The molecule has 1 nitrogen and oxygen atoms in total. The average Bonchev–Trinajstić information content (AvgIpc) is 2.78. The van der Waals surface area contributed by atoms with E-state index in [2.05, 4.69) is 13.0 Å². The average molecular weight is 202 g/mol. The summed E-state index contributed by atoms with van der Waals surface area (Å²) in [6.07, 6.45) is 5.72. The predicted molar refractivity (Wildman–Crippen MR) is 61.0 cm³/mol. The van der Waals surface area contributed by atoms with E-state index in [1.165, 1.54) is 36.8 Å². The van der Waals surface area contributed by atoms with Crippen molar-refractivity contribution in [3.63, 3.8) is 0 Å². The van der Waals surface area contributed by atoms with Crippen molar-refractivity contribution in [2.45, 2.75) is 38.5 Å². The first-order chi connectivity index (χ1) is 7.24. The van der Waals surface area contributed by atoms with Crippen LogP contribution < -0.4 is 0 Å².